The fourth-order valence-corrected chi connectivity index (χ4v) is 3.45. The van der Waals surface area contributed by atoms with E-state index < -0.39 is 0 Å². The Morgan fingerprint density at radius 3 is 2.80 bits per heavy atom. The number of rotatable bonds is 1. The highest BCUT2D eigenvalue weighted by Gasteiger charge is 2.21. The van der Waals surface area contributed by atoms with Crippen molar-refractivity contribution in [3.63, 3.8) is 0 Å². The van der Waals surface area contributed by atoms with Crippen LogP contribution in [0.5, 0.6) is 0 Å². The first kappa shape index (κ1) is 11.7. The van der Waals surface area contributed by atoms with E-state index in [9.17, 15) is 0 Å². The van der Waals surface area contributed by atoms with Gasteiger partial charge in [0.1, 0.15) is 0 Å². The molecular formula is C19H17N. The van der Waals surface area contributed by atoms with Crippen LogP contribution in [0.15, 0.2) is 60.9 Å². The Kier molecular flexibility index (Phi) is 2.77. The minimum atomic E-state index is 0.635. The van der Waals surface area contributed by atoms with Gasteiger partial charge in [-0.2, -0.15) is 0 Å². The van der Waals surface area contributed by atoms with Crippen LogP contribution >= 0.6 is 0 Å². The summed E-state index contributed by atoms with van der Waals surface area (Å²) in [5.74, 6) is 0.635. The largest absolute Gasteiger partial charge is 0.264 e. The highest BCUT2D eigenvalue weighted by molar-refractivity contribution is 5.86. The first-order valence-corrected chi connectivity index (χ1v) is 7.31. The molecule has 0 N–H and O–H groups in total. The molecule has 0 radical (unpaired) electrons. The van der Waals surface area contributed by atoms with E-state index in [-0.39, 0.29) is 0 Å². The SMILES string of the molecule is c1ccc2c([C@@H]3CCc4cnccc4C3)cccc2c1. The number of hydrogen-bond donors (Lipinski definition) is 0. The summed E-state index contributed by atoms with van der Waals surface area (Å²) in [6.45, 7) is 0. The Bertz CT molecular complexity index is 755. The second-order valence-electron chi connectivity index (χ2n) is 5.65. The summed E-state index contributed by atoms with van der Waals surface area (Å²) < 4.78 is 0. The van der Waals surface area contributed by atoms with Crippen LogP contribution < -0.4 is 0 Å². The summed E-state index contributed by atoms with van der Waals surface area (Å²) in [5, 5.41) is 2.77. The molecule has 98 valence electrons. The van der Waals surface area contributed by atoms with Gasteiger partial charge in [0, 0.05) is 12.4 Å². The summed E-state index contributed by atoms with van der Waals surface area (Å²) in [6.07, 6.45) is 7.48. The van der Waals surface area contributed by atoms with E-state index >= 15 is 0 Å². The molecule has 1 heteroatoms. The molecule has 0 fully saturated rings. The number of aromatic nitrogens is 1. The number of pyridine rings is 1. The van der Waals surface area contributed by atoms with E-state index in [1.165, 1.54) is 33.9 Å². The van der Waals surface area contributed by atoms with Crippen LogP contribution in [0.2, 0.25) is 0 Å². The molecule has 0 aliphatic heterocycles. The molecule has 0 spiro atoms. The van der Waals surface area contributed by atoms with E-state index in [0.717, 1.165) is 12.8 Å². The third-order valence-corrected chi connectivity index (χ3v) is 4.50. The number of benzene rings is 2. The monoisotopic (exact) mass is 259 g/mol. The smallest absolute Gasteiger partial charge is 0.0302 e. The van der Waals surface area contributed by atoms with Crippen LogP contribution in [-0.4, -0.2) is 4.98 Å². The van der Waals surface area contributed by atoms with Crippen molar-refractivity contribution in [3.05, 3.63) is 77.6 Å². The van der Waals surface area contributed by atoms with Crippen molar-refractivity contribution in [1.29, 1.82) is 0 Å². The second-order valence-corrected chi connectivity index (χ2v) is 5.65. The van der Waals surface area contributed by atoms with Crippen molar-refractivity contribution in [2.75, 3.05) is 0 Å². The highest BCUT2D eigenvalue weighted by Crippen LogP contribution is 2.35. The zero-order valence-corrected chi connectivity index (χ0v) is 11.4. The maximum Gasteiger partial charge on any atom is 0.0302 e. The third kappa shape index (κ3) is 1.90. The number of nitrogens with zero attached hydrogens (tertiary/aromatic N) is 1. The van der Waals surface area contributed by atoms with Gasteiger partial charge in [-0.3, -0.25) is 4.98 Å². The van der Waals surface area contributed by atoms with Crippen molar-refractivity contribution in [2.45, 2.75) is 25.2 Å². The van der Waals surface area contributed by atoms with Gasteiger partial charge in [0.2, 0.25) is 0 Å². The molecule has 0 unspecified atom stereocenters. The molecule has 1 aromatic heterocycles. The number of fused-ring (bicyclic) bond motifs is 2. The van der Waals surface area contributed by atoms with Crippen LogP contribution in [0.4, 0.5) is 0 Å². The number of hydrogen-bond acceptors (Lipinski definition) is 1. The van der Waals surface area contributed by atoms with E-state index in [1.54, 1.807) is 0 Å². The Labute approximate surface area is 119 Å². The quantitative estimate of drug-likeness (QED) is 0.626. The molecule has 1 aliphatic carbocycles. The van der Waals surface area contributed by atoms with Crippen LogP contribution in [0.25, 0.3) is 10.8 Å². The Morgan fingerprint density at radius 2 is 1.80 bits per heavy atom. The minimum Gasteiger partial charge on any atom is -0.264 e. The molecule has 2 aromatic carbocycles. The predicted octanol–water partition coefficient (Wildman–Crippen LogP) is 4.51. The Morgan fingerprint density at radius 1 is 0.900 bits per heavy atom. The van der Waals surface area contributed by atoms with Crippen LogP contribution in [-0.2, 0) is 12.8 Å². The van der Waals surface area contributed by atoms with Gasteiger partial charge in [0.25, 0.3) is 0 Å². The van der Waals surface area contributed by atoms with E-state index in [4.69, 9.17) is 0 Å². The Hall–Kier alpha value is -2.15. The van der Waals surface area contributed by atoms with Gasteiger partial charge in [-0.25, -0.2) is 0 Å². The predicted molar refractivity (Wildman–Crippen MR) is 83.0 cm³/mol. The molecule has 20 heavy (non-hydrogen) atoms. The van der Waals surface area contributed by atoms with Crippen molar-refractivity contribution in [2.24, 2.45) is 0 Å². The molecule has 1 nitrogen and oxygen atoms in total. The first-order chi connectivity index (χ1) is 9.92. The summed E-state index contributed by atoms with van der Waals surface area (Å²) in [5.41, 5.74) is 4.42. The molecule has 0 amide bonds. The van der Waals surface area contributed by atoms with Crippen LogP contribution in [0, 0.1) is 0 Å². The average Bonchev–Trinajstić information content (AvgIpc) is 2.54. The van der Waals surface area contributed by atoms with E-state index in [2.05, 4.69) is 53.5 Å². The summed E-state index contributed by atoms with van der Waals surface area (Å²) in [7, 11) is 0. The van der Waals surface area contributed by atoms with Gasteiger partial charge in [-0.15, -0.1) is 0 Å². The zero-order valence-electron chi connectivity index (χ0n) is 11.4. The molecule has 1 atom stereocenters. The van der Waals surface area contributed by atoms with Gasteiger partial charge >= 0.3 is 0 Å². The lowest BCUT2D eigenvalue weighted by atomic mass is 9.79. The molecule has 0 bridgehead atoms. The van der Waals surface area contributed by atoms with Crippen molar-refractivity contribution in [3.8, 4) is 0 Å². The number of aryl methyl sites for hydroxylation is 1. The molecule has 0 saturated heterocycles. The van der Waals surface area contributed by atoms with Gasteiger partial charge in [0.15, 0.2) is 0 Å². The summed E-state index contributed by atoms with van der Waals surface area (Å²) in [6, 6.07) is 17.6. The molecule has 0 saturated carbocycles. The minimum absolute atomic E-state index is 0.635. The third-order valence-electron chi connectivity index (χ3n) is 4.50. The van der Waals surface area contributed by atoms with Gasteiger partial charge < -0.3 is 0 Å². The van der Waals surface area contributed by atoms with Gasteiger partial charge in [-0.05, 0) is 58.7 Å². The molecule has 1 heterocycles. The van der Waals surface area contributed by atoms with E-state index in [1.807, 2.05) is 12.4 Å². The topological polar surface area (TPSA) is 12.9 Å². The second kappa shape index (κ2) is 4.75. The maximum absolute atomic E-state index is 4.25. The van der Waals surface area contributed by atoms with E-state index in [0.29, 0.717) is 5.92 Å². The average molecular weight is 259 g/mol. The Balaban J connectivity index is 1.78. The zero-order chi connectivity index (χ0) is 13.4. The molecule has 4 rings (SSSR count). The fourth-order valence-electron chi connectivity index (χ4n) is 3.45. The first-order valence-electron chi connectivity index (χ1n) is 7.31. The summed E-state index contributed by atoms with van der Waals surface area (Å²) >= 11 is 0. The molecular weight excluding hydrogens is 242 g/mol. The molecule has 3 aromatic rings. The standard InChI is InChI=1S/C19H17N/c1-2-6-18-14(4-1)5-3-7-19(18)16-8-9-17-13-20-11-10-15(17)12-16/h1-7,10-11,13,16H,8-9,12H2/t16-/m1/s1. The maximum atomic E-state index is 4.25. The van der Waals surface area contributed by atoms with Crippen molar-refractivity contribution < 1.29 is 0 Å². The lowest BCUT2D eigenvalue weighted by Crippen LogP contribution is -2.13. The van der Waals surface area contributed by atoms with Gasteiger partial charge in [-0.1, -0.05) is 42.5 Å². The molecule has 1 aliphatic rings. The van der Waals surface area contributed by atoms with Gasteiger partial charge in [0.05, 0.1) is 0 Å². The van der Waals surface area contributed by atoms with Crippen molar-refractivity contribution in [1.82, 2.24) is 4.98 Å². The highest BCUT2D eigenvalue weighted by atomic mass is 14.6. The van der Waals surface area contributed by atoms with Crippen LogP contribution in [0.3, 0.4) is 0 Å². The van der Waals surface area contributed by atoms with Crippen LogP contribution in [0.1, 0.15) is 29.0 Å². The summed E-state index contributed by atoms with van der Waals surface area (Å²) in [4.78, 5) is 4.25. The fraction of sp³-hybridized carbons (Fsp3) is 0.211. The normalized spacial score (nSPS) is 17.9. The lowest BCUT2D eigenvalue weighted by molar-refractivity contribution is 0.586. The lowest BCUT2D eigenvalue weighted by Gasteiger charge is -2.25. The van der Waals surface area contributed by atoms with Crippen molar-refractivity contribution >= 4 is 10.8 Å².